The van der Waals surface area contributed by atoms with Crippen molar-refractivity contribution in [1.29, 1.82) is 0 Å². The maximum absolute atomic E-state index is 12.1. The van der Waals surface area contributed by atoms with Gasteiger partial charge in [-0.1, -0.05) is 41.4 Å². The number of halogens is 2. The van der Waals surface area contributed by atoms with Crippen molar-refractivity contribution < 1.29 is 44.0 Å². The van der Waals surface area contributed by atoms with Gasteiger partial charge in [0.15, 0.2) is 5.75 Å². The van der Waals surface area contributed by atoms with E-state index in [9.17, 15) is 44.0 Å². The first-order valence-corrected chi connectivity index (χ1v) is 18.4. The number of azo groups is 2. The number of benzene rings is 5. The summed E-state index contributed by atoms with van der Waals surface area (Å²) in [4.78, 5) is -2.87. The maximum atomic E-state index is 12.1. The zero-order valence-electron chi connectivity index (χ0n) is 24.6. The number of aromatic hydroxyl groups is 1. The molecule has 0 heterocycles. The Kier molecular flexibility index (Phi) is 9.51. The van der Waals surface area contributed by atoms with Gasteiger partial charge in [-0.3, -0.25) is 13.7 Å². The second kappa shape index (κ2) is 13.1. The summed E-state index contributed by atoms with van der Waals surface area (Å²) in [6.45, 7) is 0. The number of rotatable bonds is 8. The van der Waals surface area contributed by atoms with Gasteiger partial charge in [0.25, 0.3) is 30.4 Å². The van der Waals surface area contributed by atoms with Gasteiger partial charge >= 0.3 is 0 Å². The van der Waals surface area contributed by atoms with E-state index in [4.69, 9.17) is 40.4 Å². The molecule has 0 aromatic heterocycles. The molecule has 50 heavy (non-hydrogen) atoms. The van der Waals surface area contributed by atoms with Crippen LogP contribution in [0.4, 0.5) is 39.8 Å². The molecule has 5 rings (SSSR count). The van der Waals surface area contributed by atoms with Gasteiger partial charge in [0.1, 0.15) is 26.1 Å². The highest BCUT2D eigenvalue weighted by Gasteiger charge is 2.27. The molecule has 0 unspecified atom stereocenters. The Bertz CT molecular complexity index is 2600. The molecule has 22 heteroatoms. The molecule has 0 aliphatic heterocycles. The zero-order valence-corrected chi connectivity index (χ0v) is 28.6. The predicted molar refractivity (Wildman–Crippen MR) is 185 cm³/mol. The average Bonchev–Trinajstić information content (AvgIpc) is 2.99. The highest BCUT2D eigenvalue weighted by atomic mass is 35.5. The van der Waals surface area contributed by atoms with E-state index in [1.807, 2.05) is 0 Å². The third-order valence-electron chi connectivity index (χ3n) is 6.94. The van der Waals surface area contributed by atoms with Crippen LogP contribution in [0, 0.1) is 0 Å². The smallest absolute Gasteiger partial charge is 0.296 e. The first-order chi connectivity index (χ1) is 23.2. The lowest BCUT2D eigenvalue weighted by atomic mass is 10.0. The number of fused-ring (bicyclic) bond motifs is 1. The lowest BCUT2D eigenvalue weighted by Crippen LogP contribution is -2.10. The SMILES string of the molecule is Nc1ccc2cc(S(=O)(=O)O)c(N=Nc3ccc(-c4ccc(N=Nc5c(N)c(S(=O)(=O)O)cc(S(=O)(=O)O)c5N)cc4Cl)c(Cl)c3)c(O)c2c1. The van der Waals surface area contributed by atoms with Gasteiger partial charge < -0.3 is 22.3 Å². The van der Waals surface area contributed by atoms with Crippen LogP contribution in [0.25, 0.3) is 21.9 Å². The van der Waals surface area contributed by atoms with Crippen molar-refractivity contribution in [1.82, 2.24) is 0 Å². The Morgan fingerprint density at radius 2 is 1.00 bits per heavy atom. The number of anilines is 3. The summed E-state index contributed by atoms with van der Waals surface area (Å²) in [7, 11) is -15.0. The Balaban J connectivity index is 1.48. The molecule has 5 aromatic carbocycles. The minimum absolute atomic E-state index is 0.0383. The minimum atomic E-state index is -5.08. The van der Waals surface area contributed by atoms with Crippen molar-refractivity contribution in [3.05, 3.63) is 76.8 Å². The van der Waals surface area contributed by atoms with Gasteiger partial charge in [0.2, 0.25) is 0 Å². The molecule has 0 saturated heterocycles. The Labute approximate surface area is 292 Å². The van der Waals surface area contributed by atoms with Crippen LogP contribution in [0.3, 0.4) is 0 Å². The van der Waals surface area contributed by atoms with E-state index < -0.39 is 73.5 Å². The summed E-state index contributed by atoms with van der Waals surface area (Å²) in [5, 5.41) is 26.8. The van der Waals surface area contributed by atoms with Crippen molar-refractivity contribution >= 4 is 104 Å². The van der Waals surface area contributed by atoms with Crippen LogP contribution < -0.4 is 17.2 Å². The molecule has 0 fully saturated rings. The standard InChI is InChI=1S/C28H21Cl2N7O10S3/c29-19-9-14(34-36-26-23(50(45,46)47)7-12-1-2-13(31)8-18(12)28(26)38)3-5-16(19)17-6-4-15(10-20(17)30)35-37-27-24(32)21(48(39,40)41)11-22(25(27)33)49(42,43)44/h1-11,38H,31-33H2,(H,39,40,41)(H,42,43,44)(H,45,46,47). The van der Waals surface area contributed by atoms with E-state index >= 15 is 0 Å². The van der Waals surface area contributed by atoms with Gasteiger partial charge in [-0.25, -0.2) is 0 Å². The van der Waals surface area contributed by atoms with E-state index in [1.54, 1.807) is 0 Å². The van der Waals surface area contributed by atoms with Crippen LogP contribution >= 0.6 is 23.2 Å². The Morgan fingerprint density at radius 3 is 1.44 bits per heavy atom. The molecule has 0 saturated carbocycles. The molecule has 5 aromatic rings. The highest BCUT2D eigenvalue weighted by Crippen LogP contribution is 2.44. The summed E-state index contributed by atoms with van der Waals surface area (Å²) in [5.41, 5.74) is 15.8. The molecule has 0 aliphatic carbocycles. The lowest BCUT2D eigenvalue weighted by Gasteiger charge is -2.12. The van der Waals surface area contributed by atoms with Crippen LogP contribution in [-0.4, -0.2) is 44.0 Å². The van der Waals surface area contributed by atoms with Gasteiger partial charge in [0.05, 0.1) is 32.8 Å². The van der Waals surface area contributed by atoms with Gasteiger partial charge in [-0.15, -0.1) is 10.2 Å². The number of nitrogen functional groups attached to an aromatic ring is 3. The van der Waals surface area contributed by atoms with Crippen molar-refractivity contribution in [3.63, 3.8) is 0 Å². The predicted octanol–water partition coefficient (Wildman–Crippen LogP) is 6.84. The number of hydrogen-bond acceptors (Lipinski definition) is 14. The highest BCUT2D eigenvalue weighted by molar-refractivity contribution is 7.87. The van der Waals surface area contributed by atoms with E-state index in [-0.39, 0.29) is 37.9 Å². The number of phenols is 1. The molecular weight excluding hydrogens is 761 g/mol. The second-order valence-electron chi connectivity index (χ2n) is 10.3. The minimum Gasteiger partial charge on any atom is -0.505 e. The normalized spacial score (nSPS) is 12.7. The van der Waals surface area contributed by atoms with E-state index in [1.165, 1.54) is 54.6 Å². The third-order valence-corrected chi connectivity index (χ3v) is 10.2. The van der Waals surface area contributed by atoms with Gasteiger partial charge in [-0.05, 0) is 53.9 Å². The van der Waals surface area contributed by atoms with E-state index in [0.29, 0.717) is 17.2 Å². The van der Waals surface area contributed by atoms with Crippen molar-refractivity contribution in [2.45, 2.75) is 14.7 Å². The second-order valence-corrected chi connectivity index (χ2v) is 15.2. The quantitative estimate of drug-likeness (QED) is 0.0482. The molecular formula is C28H21Cl2N7O10S3. The van der Waals surface area contributed by atoms with Crippen LogP contribution in [0.1, 0.15) is 0 Å². The molecule has 0 aliphatic rings. The molecule has 0 spiro atoms. The fourth-order valence-electron chi connectivity index (χ4n) is 4.62. The fourth-order valence-corrected chi connectivity index (χ4v) is 7.19. The molecule has 0 bridgehead atoms. The van der Waals surface area contributed by atoms with Crippen molar-refractivity contribution in [3.8, 4) is 16.9 Å². The van der Waals surface area contributed by atoms with Crippen LogP contribution in [0.5, 0.6) is 5.75 Å². The van der Waals surface area contributed by atoms with Gasteiger partial charge in [0, 0.05) is 22.2 Å². The monoisotopic (exact) mass is 781 g/mol. The topological polar surface area (TPSA) is 311 Å². The number of phenolic OH excluding ortho intramolecular Hbond substituents is 1. The van der Waals surface area contributed by atoms with Gasteiger partial charge in [-0.2, -0.15) is 35.5 Å². The van der Waals surface area contributed by atoms with Crippen LogP contribution in [0.2, 0.25) is 10.0 Å². The summed E-state index contributed by atoms with van der Waals surface area (Å²) in [6.07, 6.45) is 0. The van der Waals surface area contributed by atoms with Crippen molar-refractivity contribution in [2.24, 2.45) is 20.5 Å². The zero-order chi connectivity index (χ0) is 36.9. The van der Waals surface area contributed by atoms with Crippen LogP contribution in [-0.2, 0) is 30.4 Å². The van der Waals surface area contributed by atoms with Crippen LogP contribution in [0.15, 0.2) is 102 Å². The number of nitrogens with zero attached hydrogens (tertiary/aromatic N) is 4. The molecule has 10 N–H and O–H groups in total. The maximum Gasteiger partial charge on any atom is 0.296 e. The van der Waals surface area contributed by atoms with E-state index in [0.717, 1.165) is 6.07 Å². The molecule has 17 nitrogen and oxygen atoms in total. The summed E-state index contributed by atoms with van der Waals surface area (Å²) >= 11 is 13.0. The summed E-state index contributed by atoms with van der Waals surface area (Å²) < 4.78 is 99.9. The molecule has 0 atom stereocenters. The summed E-state index contributed by atoms with van der Waals surface area (Å²) in [6, 6.07) is 14.3. The van der Waals surface area contributed by atoms with E-state index in [2.05, 4.69) is 20.5 Å². The molecule has 0 amide bonds. The summed E-state index contributed by atoms with van der Waals surface area (Å²) in [5.74, 6) is -0.590. The first kappa shape index (κ1) is 36.4. The Morgan fingerprint density at radius 1 is 0.540 bits per heavy atom. The average molecular weight is 783 g/mol. The van der Waals surface area contributed by atoms with Crippen molar-refractivity contribution in [2.75, 3.05) is 17.2 Å². The number of hydrogen-bond donors (Lipinski definition) is 7. The largest absolute Gasteiger partial charge is 0.505 e. The molecule has 260 valence electrons. The number of nitrogens with two attached hydrogens (primary N) is 3. The first-order valence-electron chi connectivity index (χ1n) is 13.3. The fraction of sp³-hybridized carbons (Fsp3) is 0. The lowest BCUT2D eigenvalue weighted by molar-refractivity contribution is 0.472. The molecule has 0 radical (unpaired) electrons. The third kappa shape index (κ3) is 7.32. The Hall–Kier alpha value is -4.93.